The average molecular weight is 339 g/mol. The molecule has 0 unspecified atom stereocenters. The summed E-state index contributed by atoms with van der Waals surface area (Å²) in [6.45, 7) is 0.527. The van der Waals surface area contributed by atoms with E-state index in [9.17, 15) is 5.11 Å². The number of phenolic OH excluding ortho intramolecular Hbond substituents is 1. The molecule has 0 bridgehead atoms. The maximum atomic E-state index is 9.91. The molecule has 2 aromatic carbocycles. The Kier molecular flexibility index (Phi) is 3.48. The zero-order chi connectivity index (χ0) is 15.8. The van der Waals surface area contributed by atoms with E-state index in [2.05, 4.69) is 26.4 Å². The first-order valence-electron chi connectivity index (χ1n) is 7.13. The van der Waals surface area contributed by atoms with E-state index in [4.69, 9.17) is 12.2 Å². The molecular formula is C17H13N3OS2. The van der Waals surface area contributed by atoms with Crippen molar-refractivity contribution in [1.82, 2.24) is 14.3 Å². The van der Waals surface area contributed by atoms with E-state index in [0.29, 0.717) is 17.2 Å². The third kappa shape index (κ3) is 2.36. The second-order valence-corrected chi connectivity index (χ2v) is 6.36. The van der Waals surface area contributed by atoms with Crippen molar-refractivity contribution in [1.29, 1.82) is 0 Å². The molecule has 4 aromatic rings. The molecule has 4 nitrogen and oxygen atoms in total. The van der Waals surface area contributed by atoms with Gasteiger partial charge in [0.25, 0.3) is 0 Å². The van der Waals surface area contributed by atoms with Crippen LogP contribution in [0.5, 0.6) is 5.75 Å². The van der Waals surface area contributed by atoms with Crippen molar-refractivity contribution in [2.45, 2.75) is 6.67 Å². The third-order valence-corrected chi connectivity index (χ3v) is 5.02. The van der Waals surface area contributed by atoms with Crippen LogP contribution in [0.4, 0.5) is 0 Å². The maximum absolute atomic E-state index is 9.91. The van der Waals surface area contributed by atoms with Crippen LogP contribution in [-0.2, 0) is 6.67 Å². The molecular weight excluding hydrogens is 326 g/mol. The van der Waals surface area contributed by atoms with Gasteiger partial charge in [0.1, 0.15) is 15.6 Å². The Morgan fingerprint density at radius 1 is 1.13 bits per heavy atom. The molecule has 2 heterocycles. The van der Waals surface area contributed by atoms with Gasteiger partial charge in [0.2, 0.25) is 0 Å². The Balaban J connectivity index is 1.69. The van der Waals surface area contributed by atoms with Crippen molar-refractivity contribution >= 4 is 49.9 Å². The second kappa shape index (κ2) is 5.64. The number of hydrogen-bond acceptors (Lipinski definition) is 4. The first kappa shape index (κ1) is 14.2. The third-order valence-electron chi connectivity index (χ3n) is 3.83. The minimum Gasteiger partial charge on any atom is -0.507 e. The fourth-order valence-corrected chi connectivity index (χ4v) is 3.75. The Hall–Kier alpha value is -2.44. The van der Waals surface area contributed by atoms with E-state index < -0.39 is 0 Å². The molecule has 0 saturated carbocycles. The molecule has 6 heteroatoms. The fourth-order valence-electron chi connectivity index (χ4n) is 2.73. The quantitative estimate of drug-likeness (QED) is 0.556. The van der Waals surface area contributed by atoms with Crippen molar-refractivity contribution in [3.8, 4) is 5.75 Å². The highest BCUT2D eigenvalue weighted by molar-refractivity contribution is 7.80. The fraction of sp³-hybridized carbons (Fsp3) is 0.0588. The number of fused-ring (bicyclic) bond motifs is 3. The van der Waals surface area contributed by atoms with E-state index in [1.807, 2.05) is 24.4 Å². The molecule has 0 amide bonds. The van der Waals surface area contributed by atoms with Gasteiger partial charge >= 0.3 is 0 Å². The van der Waals surface area contributed by atoms with E-state index in [-0.39, 0.29) is 5.75 Å². The monoisotopic (exact) mass is 339 g/mol. The predicted octanol–water partition coefficient (Wildman–Crippen LogP) is 3.88. The highest BCUT2D eigenvalue weighted by Gasteiger charge is 2.13. The van der Waals surface area contributed by atoms with Crippen LogP contribution in [0.25, 0.3) is 21.1 Å². The van der Waals surface area contributed by atoms with Crippen molar-refractivity contribution < 1.29 is 5.11 Å². The van der Waals surface area contributed by atoms with Gasteiger partial charge < -0.3 is 15.0 Å². The zero-order valence-electron chi connectivity index (χ0n) is 12.1. The van der Waals surface area contributed by atoms with Crippen molar-refractivity contribution in [3.05, 3.63) is 60.3 Å². The number of hydrogen-bond donors (Lipinski definition) is 2. The van der Waals surface area contributed by atoms with Gasteiger partial charge in [0, 0.05) is 10.8 Å². The van der Waals surface area contributed by atoms with Gasteiger partial charge in [-0.1, -0.05) is 42.5 Å². The number of benzene rings is 2. The number of aromatic nitrogens is 2. The van der Waals surface area contributed by atoms with Gasteiger partial charge in [-0.3, -0.25) is 0 Å². The SMILES string of the molecule is Oc1ccccc1C(=S)NCn1c2ccccc2c2cnsc21. The molecule has 0 aliphatic carbocycles. The number of para-hydroxylation sites is 2. The molecule has 114 valence electrons. The lowest BCUT2D eigenvalue weighted by Crippen LogP contribution is -2.25. The van der Waals surface area contributed by atoms with E-state index in [1.54, 1.807) is 18.2 Å². The van der Waals surface area contributed by atoms with Crippen LogP contribution in [0.1, 0.15) is 5.56 Å². The molecule has 2 aromatic heterocycles. The van der Waals surface area contributed by atoms with Crippen LogP contribution in [0.3, 0.4) is 0 Å². The van der Waals surface area contributed by atoms with Crippen LogP contribution >= 0.6 is 23.8 Å². The van der Waals surface area contributed by atoms with Gasteiger partial charge in [-0.2, -0.15) is 4.37 Å². The molecule has 23 heavy (non-hydrogen) atoms. The van der Waals surface area contributed by atoms with Crippen molar-refractivity contribution in [3.63, 3.8) is 0 Å². The maximum Gasteiger partial charge on any atom is 0.125 e. The van der Waals surface area contributed by atoms with E-state index >= 15 is 0 Å². The number of rotatable bonds is 3. The van der Waals surface area contributed by atoms with E-state index in [0.717, 1.165) is 15.7 Å². The van der Waals surface area contributed by atoms with Crippen LogP contribution in [0.15, 0.2) is 54.7 Å². The Labute approximate surface area is 142 Å². The molecule has 0 radical (unpaired) electrons. The first-order valence-corrected chi connectivity index (χ1v) is 8.31. The predicted molar refractivity (Wildman–Crippen MR) is 98.1 cm³/mol. The normalized spacial score (nSPS) is 11.1. The van der Waals surface area contributed by atoms with Gasteiger partial charge in [-0.05, 0) is 29.7 Å². The molecule has 0 fully saturated rings. The minimum atomic E-state index is 0.185. The lowest BCUT2D eigenvalue weighted by atomic mass is 10.2. The summed E-state index contributed by atoms with van der Waals surface area (Å²) in [5.74, 6) is 0.185. The molecule has 0 atom stereocenters. The number of nitrogens with one attached hydrogen (secondary N) is 1. The summed E-state index contributed by atoms with van der Waals surface area (Å²) in [6, 6.07) is 15.3. The lowest BCUT2D eigenvalue weighted by molar-refractivity contribution is 0.474. The summed E-state index contributed by atoms with van der Waals surface area (Å²) in [7, 11) is 0. The minimum absolute atomic E-state index is 0.185. The summed E-state index contributed by atoms with van der Waals surface area (Å²) in [6.07, 6.45) is 1.90. The second-order valence-electron chi connectivity index (χ2n) is 5.17. The highest BCUT2D eigenvalue weighted by atomic mass is 32.1. The number of aromatic hydroxyl groups is 1. The molecule has 0 saturated heterocycles. The summed E-state index contributed by atoms with van der Waals surface area (Å²) in [5, 5.41) is 15.5. The highest BCUT2D eigenvalue weighted by Crippen LogP contribution is 2.30. The topological polar surface area (TPSA) is 50.1 Å². The van der Waals surface area contributed by atoms with Crippen molar-refractivity contribution in [2.24, 2.45) is 0 Å². The number of phenols is 1. The molecule has 0 aliphatic rings. The summed E-state index contributed by atoms with van der Waals surface area (Å²) in [4.78, 5) is 1.64. The summed E-state index contributed by atoms with van der Waals surface area (Å²) >= 11 is 6.88. The number of nitrogens with zero attached hydrogens (tertiary/aromatic N) is 2. The van der Waals surface area contributed by atoms with Gasteiger partial charge in [-0.15, -0.1) is 0 Å². The largest absolute Gasteiger partial charge is 0.507 e. The van der Waals surface area contributed by atoms with Crippen molar-refractivity contribution in [2.75, 3.05) is 0 Å². The van der Waals surface area contributed by atoms with Gasteiger partial charge in [0.05, 0.1) is 23.9 Å². The molecule has 2 N–H and O–H groups in total. The van der Waals surface area contributed by atoms with Gasteiger partial charge in [0.15, 0.2) is 0 Å². The van der Waals surface area contributed by atoms with E-state index in [1.165, 1.54) is 16.9 Å². The summed E-state index contributed by atoms with van der Waals surface area (Å²) in [5.41, 5.74) is 1.78. The van der Waals surface area contributed by atoms with Crippen LogP contribution in [-0.4, -0.2) is 19.0 Å². The van der Waals surface area contributed by atoms with Crippen LogP contribution in [0.2, 0.25) is 0 Å². The Bertz CT molecular complexity index is 1020. The van der Waals surface area contributed by atoms with Crippen LogP contribution < -0.4 is 5.32 Å². The molecule has 0 aliphatic heterocycles. The molecule has 0 spiro atoms. The first-order chi connectivity index (χ1) is 11.3. The smallest absolute Gasteiger partial charge is 0.125 e. The molecule has 4 rings (SSSR count). The number of thiocarbonyl (C=S) groups is 1. The van der Waals surface area contributed by atoms with Gasteiger partial charge in [-0.25, -0.2) is 0 Å². The average Bonchev–Trinajstić information content (AvgIpc) is 3.14. The Morgan fingerprint density at radius 3 is 2.78 bits per heavy atom. The Morgan fingerprint density at radius 2 is 1.91 bits per heavy atom. The van der Waals surface area contributed by atoms with Crippen LogP contribution in [0, 0.1) is 0 Å². The lowest BCUT2D eigenvalue weighted by Gasteiger charge is -2.11. The zero-order valence-corrected chi connectivity index (χ0v) is 13.7. The summed E-state index contributed by atoms with van der Waals surface area (Å²) < 4.78 is 6.45. The standard InChI is InChI=1S/C17H13N3OS2/c21-15-8-4-2-6-12(15)16(22)18-10-20-14-7-3-1-5-11(14)13-9-19-23-17(13)20/h1-9,21H,10H2,(H,18,22).